The minimum atomic E-state index is -3.41. The van der Waals surface area contributed by atoms with Crippen LogP contribution in [-0.2, 0) is 16.4 Å². The van der Waals surface area contributed by atoms with Crippen molar-refractivity contribution in [2.45, 2.75) is 23.8 Å². The highest BCUT2D eigenvalue weighted by atomic mass is 35.5. The lowest BCUT2D eigenvalue weighted by molar-refractivity contribution is 0.356. The van der Waals surface area contributed by atoms with Crippen molar-refractivity contribution in [1.82, 2.24) is 10.0 Å². The number of hydrogen-bond donors (Lipinski definition) is 2. The van der Waals surface area contributed by atoms with E-state index in [0.29, 0.717) is 18.0 Å². The molecule has 5 nitrogen and oxygen atoms in total. The third-order valence-corrected chi connectivity index (χ3v) is 4.87. The molecule has 19 heavy (non-hydrogen) atoms. The number of benzene rings is 1. The Morgan fingerprint density at radius 1 is 1.37 bits per heavy atom. The molecular weight excluding hydrogens is 288 g/mol. The quantitative estimate of drug-likeness (QED) is 0.862. The summed E-state index contributed by atoms with van der Waals surface area (Å²) < 4.78 is 32.5. The van der Waals surface area contributed by atoms with E-state index >= 15 is 0 Å². The fourth-order valence-electron chi connectivity index (χ4n) is 2.37. The van der Waals surface area contributed by atoms with Crippen molar-refractivity contribution < 1.29 is 13.2 Å². The highest BCUT2D eigenvalue weighted by Gasteiger charge is 2.24. The van der Waals surface area contributed by atoms with Crippen molar-refractivity contribution >= 4 is 22.4 Å². The van der Waals surface area contributed by atoms with Gasteiger partial charge in [0.2, 0.25) is 10.0 Å². The van der Waals surface area contributed by atoms with Crippen LogP contribution in [0.2, 0.25) is 0 Å². The van der Waals surface area contributed by atoms with Gasteiger partial charge in [0.1, 0.15) is 5.75 Å². The Kier molecular flexibility index (Phi) is 4.35. The SMILES string of the molecule is Cl.O=S(=O)(NC1CCNC1)c1ccc2c(c1)CCO2. The van der Waals surface area contributed by atoms with Gasteiger partial charge in [0.25, 0.3) is 0 Å². The van der Waals surface area contributed by atoms with Gasteiger partial charge < -0.3 is 10.1 Å². The van der Waals surface area contributed by atoms with Gasteiger partial charge in [-0.25, -0.2) is 13.1 Å². The van der Waals surface area contributed by atoms with E-state index in [2.05, 4.69) is 10.0 Å². The summed E-state index contributed by atoms with van der Waals surface area (Å²) in [5.74, 6) is 0.802. The molecule has 2 aliphatic rings. The first-order chi connectivity index (χ1) is 8.65. The summed E-state index contributed by atoms with van der Waals surface area (Å²) in [7, 11) is -3.41. The molecule has 0 amide bonds. The molecule has 0 spiro atoms. The minimum absolute atomic E-state index is 0. The molecule has 0 saturated carbocycles. The number of sulfonamides is 1. The standard InChI is InChI=1S/C12H16N2O3S.ClH/c15-18(16,14-10-3-5-13-8-10)11-1-2-12-9(7-11)4-6-17-12;/h1-2,7,10,13-14H,3-6,8H2;1H. The predicted octanol–water partition coefficient (Wildman–Crippen LogP) is 0.683. The van der Waals surface area contributed by atoms with E-state index in [1.807, 2.05) is 0 Å². The number of halogens is 1. The third-order valence-electron chi connectivity index (χ3n) is 3.35. The van der Waals surface area contributed by atoms with Crippen LogP contribution in [0.1, 0.15) is 12.0 Å². The van der Waals surface area contributed by atoms with Gasteiger partial charge in [0, 0.05) is 19.0 Å². The molecule has 0 aliphatic carbocycles. The minimum Gasteiger partial charge on any atom is -0.493 e. The molecule has 1 atom stereocenters. The second-order valence-electron chi connectivity index (χ2n) is 4.68. The zero-order chi connectivity index (χ0) is 12.6. The zero-order valence-electron chi connectivity index (χ0n) is 10.4. The van der Waals surface area contributed by atoms with Crippen LogP contribution in [0.15, 0.2) is 23.1 Å². The van der Waals surface area contributed by atoms with Gasteiger partial charge in [-0.2, -0.15) is 0 Å². The number of rotatable bonds is 3. The number of nitrogens with one attached hydrogen (secondary N) is 2. The maximum Gasteiger partial charge on any atom is 0.240 e. The van der Waals surface area contributed by atoms with Crippen LogP contribution in [0, 0.1) is 0 Å². The van der Waals surface area contributed by atoms with Gasteiger partial charge in [0.05, 0.1) is 11.5 Å². The molecule has 1 fully saturated rings. The molecular formula is C12H17ClN2O3S. The Hall–Kier alpha value is -0.820. The summed E-state index contributed by atoms with van der Waals surface area (Å²) >= 11 is 0. The highest BCUT2D eigenvalue weighted by molar-refractivity contribution is 7.89. The van der Waals surface area contributed by atoms with Crippen molar-refractivity contribution in [3.8, 4) is 5.75 Å². The van der Waals surface area contributed by atoms with Gasteiger partial charge in [-0.1, -0.05) is 0 Å². The normalized spacial score (nSPS) is 21.6. The average Bonchev–Trinajstić information content (AvgIpc) is 2.97. The van der Waals surface area contributed by atoms with E-state index in [0.717, 1.165) is 30.7 Å². The summed E-state index contributed by atoms with van der Waals surface area (Å²) in [5, 5.41) is 3.14. The molecule has 1 unspecified atom stereocenters. The summed E-state index contributed by atoms with van der Waals surface area (Å²) in [6.45, 7) is 2.21. The van der Waals surface area contributed by atoms with E-state index in [4.69, 9.17) is 4.74 Å². The Balaban J connectivity index is 0.00000133. The Morgan fingerprint density at radius 2 is 2.21 bits per heavy atom. The molecule has 2 aliphatic heterocycles. The Morgan fingerprint density at radius 3 is 2.95 bits per heavy atom. The van der Waals surface area contributed by atoms with Crippen molar-refractivity contribution in [2.24, 2.45) is 0 Å². The van der Waals surface area contributed by atoms with Gasteiger partial charge in [-0.3, -0.25) is 0 Å². The number of hydrogen-bond acceptors (Lipinski definition) is 4. The van der Waals surface area contributed by atoms with Gasteiger partial charge in [0.15, 0.2) is 0 Å². The van der Waals surface area contributed by atoms with E-state index in [-0.39, 0.29) is 18.4 Å². The number of fused-ring (bicyclic) bond motifs is 1. The van der Waals surface area contributed by atoms with Crippen LogP contribution in [0.3, 0.4) is 0 Å². The summed E-state index contributed by atoms with van der Waals surface area (Å²) in [5.41, 5.74) is 0.974. The third kappa shape index (κ3) is 3.02. The van der Waals surface area contributed by atoms with Crippen LogP contribution in [-0.4, -0.2) is 34.2 Å². The molecule has 3 rings (SSSR count). The molecule has 106 valence electrons. The maximum atomic E-state index is 12.2. The topological polar surface area (TPSA) is 67.4 Å². The zero-order valence-corrected chi connectivity index (χ0v) is 12.0. The maximum absolute atomic E-state index is 12.2. The van der Waals surface area contributed by atoms with E-state index in [9.17, 15) is 8.42 Å². The van der Waals surface area contributed by atoms with Crippen molar-refractivity contribution in [2.75, 3.05) is 19.7 Å². The van der Waals surface area contributed by atoms with Crippen LogP contribution in [0.25, 0.3) is 0 Å². The first-order valence-electron chi connectivity index (χ1n) is 6.14. The summed E-state index contributed by atoms with van der Waals surface area (Å²) in [4.78, 5) is 0.332. The van der Waals surface area contributed by atoms with Crippen molar-refractivity contribution in [3.63, 3.8) is 0 Å². The Labute approximate surface area is 119 Å². The first-order valence-corrected chi connectivity index (χ1v) is 7.62. The van der Waals surface area contributed by atoms with Crippen molar-refractivity contribution in [3.05, 3.63) is 23.8 Å². The fraction of sp³-hybridized carbons (Fsp3) is 0.500. The van der Waals surface area contributed by atoms with Gasteiger partial charge in [-0.15, -0.1) is 12.4 Å². The molecule has 7 heteroatoms. The molecule has 1 aromatic carbocycles. The lowest BCUT2D eigenvalue weighted by Crippen LogP contribution is -2.36. The largest absolute Gasteiger partial charge is 0.493 e. The lowest BCUT2D eigenvalue weighted by Gasteiger charge is -2.12. The monoisotopic (exact) mass is 304 g/mol. The van der Waals surface area contributed by atoms with E-state index in [1.54, 1.807) is 18.2 Å². The molecule has 0 radical (unpaired) electrons. The average molecular weight is 305 g/mol. The summed E-state index contributed by atoms with van der Waals surface area (Å²) in [6, 6.07) is 5.06. The van der Waals surface area contributed by atoms with E-state index in [1.165, 1.54) is 0 Å². The summed E-state index contributed by atoms with van der Waals surface area (Å²) in [6.07, 6.45) is 1.62. The van der Waals surface area contributed by atoms with E-state index < -0.39 is 10.0 Å². The smallest absolute Gasteiger partial charge is 0.240 e. The molecule has 0 aromatic heterocycles. The van der Waals surface area contributed by atoms with Crippen LogP contribution >= 0.6 is 12.4 Å². The molecule has 0 bridgehead atoms. The predicted molar refractivity (Wildman–Crippen MR) is 74.5 cm³/mol. The van der Waals surface area contributed by atoms with Crippen LogP contribution in [0.5, 0.6) is 5.75 Å². The fourth-order valence-corrected chi connectivity index (χ4v) is 3.69. The van der Waals surface area contributed by atoms with Crippen molar-refractivity contribution in [1.29, 1.82) is 0 Å². The molecule has 1 saturated heterocycles. The highest BCUT2D eigenvalue weighted by Crippen LogP contribution is 2.27. The number of ether oxygens (including phenoxy) is 1. The van der Waals surface area contributed by atoms with Gasteiger partial charge in [-0.05, 0) is 36.7 Å². The van der Waals surface area contributed by atoms with Crippen LogP contribution < -0.4 is 14.8 Å². The Bertz CT molecular complexity index is 556. The lowest BCUT2D eigenvalue weighted by atomic mass is 10.2. The van der Waals surface area contributed by atoms with Crippen LogP contribution in [0.4, 0.5) is 0 Å². The first kappa shape index (κ1) is 14.6. The molecule has 2 N–H and O–H groups in total. The van der Waals surface area contributed by atoms with Gasteiger partial charge >= 0.3 is 0 Å². The second kappa shape index (κ2) is 5.66. The molecule has 2 heterocycles. The second-order valence-corrected chi connectivity index (χ2v) is 6.39. The molecule has 1 aromatic rings.